The summed E-state index contributed by atoms with van der Waals surface area (Å²) in [4.78, 5) is 13.9. The normalized spacial score (nSPS) is 22.3. The summed E-state index contributed by atoms with van der Waals surface area (Å²) in [7, 11) is 0. The molecular formula is C19H36N2O2. The van der Waals surface area contributed by atoms with E-state index in [4.69, 9.17) is 4.74 Å². The van der Waals surface area contributed by atoms with Crippen molar-refractivity contribution in [2.45, 2.75) is 78.2 Å². The Hall–Kier alpha value is -0.770. The third kappa shape index (κ3) is 5.66. The minimum atomic E-state index is -0.398. The van der Waals surface area contributed by atoms with Crippen molar-refractivity contribution < 1.29 is 9.53 Å². The molecule has 4 nitrogen and oxygen atoms in total. The zero-order chi connectivity index (χ0) is 16.9. The number of ether oxygens (including phenoxy) is 1. The number of amides is 1. The van der Waals surface area contributed by atoms with Crippen LogP contribution in [0.2, 0.25) is 0 Å². The average Bonchev–Trinajstić information content (AvgIpc) is 2.95. The van der Waals surface area contributed by atoms with Gasteiger partial charge in [0, 0.05) is 19.6 Å². The Labute approximate surface area is 142 Å². The number of hydrogen-bond acceptors (Lipinski definition) is 3. The van der Waals surface area contributed by atoms with Gasteiger partial charge in [-0.1, -0.05) is 19.8 Å². The first-order chi connectivity index (χ1) is 10.8. The van der Waals surface area contributed by atoms with E-state index in [0.29, 0.717) is 11.3 Å². The van der Waals surface area contributed by atoms with Gasteiger partial charge in [-0.2, -0.15) is 0 Å². The highest BCUT2D eigenvalue weighted by atomic mass is 16.6. The molecule has 0 bridgehead atoms. The largest absolute Gasteiger partial charge is 0.444 e. The van der Waals surface area contributed by atoms with Crippen LogP contribution in [-0.2, 0) is 4.74 Å². The van der Waals surface area contributed by atoms with Crippen LogP contribution >= 0.6 is 0 Å². The van der Waals surface area contributed by atoms with E-state index in [2.05, 4.69) is 12.2 Å². The molecule has 4 heteroatoms. The van der Waals surface area contributed by atoms with E-state index in [-0.39, 0.29) is 6.09 Å². The molecular weight excluding hydrogens is 288 g/mol. The van der Waals surface area contributed by atoms with Gasteiger partial charge in [0.25, 0.3) is 0 Å². The van der Waals surface area contributed by atoms with Crippen LogP contribution in [0.3, 0.4) is 0 Å². The third-order valence-electron chi connectivity index (χ3n) is 5.61. The molecule has 2 aliphatic rings. The summed E-state index contributed by atoms with van der Waals surface area (Å²) >= 11 is 0. The summed E-state index contributed by atoms with van der Waals surface area (Å²) in [6.07, 6.45) is 8.93. The van der Waals surface area contributed by atoms with E-state index in [0.717, 1.165) is 32.5 Å². The molecule has 23 heavy (non-hydrogen) atoms. The second-order valence-corrected chi connectivity index (χ2v) is 8.60. The molecule has 2 fully saturated rings. The van der Waals surface area contributed by atoms with Gasteiger partial charge in [-0.3, -0.25) is 0 Å². The highest BCUT2D eigenvalue weighted by Crippen LogP contribution is 2.40. The zero-order valence-corrected chi connectivity index (χ0v) is 15.6. The Morgan fingerprint density at radius 3 is 2.35 bits per heavy atom. The van der Waals surface area contributed by atoms with Crippen molar-refractivity contribution in [3.05, 3.63) is 0 Å². The van der Waals surface area contributed by atoms with E-state index < -0.39 is 5.60 Å². The molecule has 1 saturated carbocycles. The lowest BCUT2D eigenvalue weighted by atomic mass is 9.83. The van der Waals surface area contributed by atoms with Crippen LogP contribution < -0.4 is 5.32 Å². The quantitative estimate of drug-likeness (QED) is 0.824. The van der Waals surface area contributed by atoms with Crippen LogP contribution in [0.5, 0.6) is 0 Å². The second kappa shape index (κ2) is 7.87. The van der Waals surface area contributed by atoms with Gasteiger partial charge in [0.2, 0.25) is 0 Å². The number of rotatable bonds is 5. The smallest absolute Gasteiger partial charge is 0.410 e. The molecule has 1 saturated heterocycles. The van der Waals surface area contributed by atoms with Gasteiger partial charge in [-0.15, -0.1) is 0 Å². The molecule has 1 N–H and O–H groups in total. The SMILES string of the molecule is CCC1(CNCC2CCN(C(=O)OC(C)(C)C)CC2)CCCC1. The molecule has 0 radical (unpaired) electrons. The van der Waals surface area contributed by atoms with Crippen LogP contribution in [0, 0.1) is 11.3 Å². The average molecular weight is 325 g/mol. The van der Waals surface area contributed by atoms with Gasteiger partial charge in [-0.05, 0) is 70.8 Å². The molecule has 0 aromatic heterocycles. The Kier molecular flexibility index (Phi) is 6.35. The molecule has 0 unspecified atom stereocenters. The lowest BCUT2D eigenvalue weighted by Gasteiger charge is -2.34. The summed E-state index contributed by atoms with van der Waals surface area (Å²) in [6.45, 7) is 12.1. The van der Waals surface area contributed by atoms with Crippen molar-refractivity contribution in [2.75, 3.05) is 26.2 Å². The highest BCUT2D eigenvalue weighted by molar-refractivity contribution is 5.68. The van der Waals surface area contributed by atoms with Gasteiger partial charge in [0.1, 0.15) is 5.60 Å². The van der Waals surface area contributed by atoms with Crippen LogP contribution in [0.25, 0.3) is 0 Å². The monoisotopic (exact) mass is 324 g/mol. The number of nitrogens with one attached hydrogen (secondary N) is 1. The molecule has 1 heterocycles. The molecule has 2 rings (SSSR count). The molecule has 0 aromatic carbocycles. The fourth-order valence-electron chi connectivity index (χ4n) is 3.97. The van der Waals surface area contributed by atoms with Crippen molar-refractivity contribution in [3.8, 4) is 0 Å². The van der Waals surface area contributed by atoms with Crippen LogP contribution in [0.4, 0.5) is 4.79 Å². The minimum Gasteiger partial charge on any atom is -0.444 e. The van der Waals surface area contributed by atoms with Crippen LogP contribution in [0.1, 0.15) is 72.6 Å². The third-order valence-corrected chi connectivity index (χ3v) is 5.61. The molecule has 134 valence electrons. The van der Waals surface area contributed by atoms with Gasteiger partial charge >= 0.3 is 6.09 Å². The standard InChI is InChI=1S/C19H36N2O2/c1-5-19(10-6-7-11-19)15-20-14-16-8-12-21(13-9-16)17(22)23-18(2,3)4/h16,20H,5-15H2,1-4H3. The fourth-order valence-corrected chi connectivity index (χ4v) is 3.97. The summed E-state index contributed by atoms with van der Waals surface area (Å²) < 4.78 is 5.46. The predicted octanol–water partition coefficient (Wildman–Crippen LogP) is 4.19. The maximum atomic E-state index is 12.1. The van der Waals surface area contributed by atoms with E-state index in [1.54, 1.807) is 0 Å². The van der Waals surface area contributed by atoms with E-state index in [1.165, 1.54) is 38.6 Å². The summed E-state index contributed by atoms with van der Waals surface area (Å²) in [5.41, 5.74) is 0.169. The van der Waals surface area contributed by atoms with Crippen molar-refractivity contribution >= 4 is 6.09 Å². The molecule has 1 amide bonds. The first-order valence-corrected chi connectivity index (χ1v) is 9.52. The Bertz CT molecular complexity index is 375. The van der Waals surface area contributed by atoms with Gasteiger partial charge in [0.05, 0.1) is 0 Å². The van der Waals surface area contributed by atoms with Gasteiger partial charge < -0.3 is 15.0 Å². The predicted molar refractivity (Wildman–Crippen MR) is 94.6 cm³/mol. The fraction of sp³-hybridized carbons (Fsp3) is 0.947. The van der Waals surface area contributed by atoms with E-state index in [1.807, 2.05) is 25.7 Å². The Balaban J connectivity index is 1.66. The summed E-state index contributed by atoms with van der Waals surface area (Å²) in [6, 6.07) is 0. The maximum absolute atomic E-state index is 12.1. The van der Waals surface area contributed by atoms with Crippen LogP contribution in [-0.4, -0.2) is 42.8 Å². The first-order valence-electron chi connectivity index (χ1n) is 9.52. The lowest BCUT2D eigenvalue weighted by Crippen LogP contribution is -2.44. The number of carbonyl (C=O) groups is 1. The lowest BCUT2D eigenvalue weighted by molar-refractivity contribution is 0.0183. The Morgan fingerprint density at radius 2 is 1.83 bits per heavy atom. The number of carbonyl (C=O) groups excluding carboxylic acids is 1. The molecule has 0 spiro atoms. The number of nitrogens with zero attached hydrogens (tertiary/aromatic N) is 1. The first kappa shape index (κ1) is 18.6. The summed E-state index contributed by atoms with van der Waals surface area (Å²) in [5.74, 6) is 0.698. The number of piperidine rings is 1. The van der Waals surface area contributed by atoms with Crippen molar-refractivity contribution in [1.82, 2.24) is 10.2 Å². The molecule has 1 aliphatic carbocycles. The van der Waals surface area contributed by atoms with E-state index in [9.17, 15) is 4.79 Å². The van der Waals surface area contributed by atoms with Crippen LogP contribution in [0.15, 0.2) is 0 Å². The van der Waals surface area contributed by atoms with Gasteiger partial charge in [0.15, 0.2) is 0 Å². The zero-order valence-electron chi connectivity index (χ0n) is 15.6. The van der Waals surface area contributed by atoms with Crippen molar-refractivity contribution in [1.29, 1.82) is 0 Å². The molecule has 1 aliphatic heterocycles. The van der Waals surface area contributed by atoms with E-state index >= 15 is 0 Å². The van der Waals surface area contributed by atoms with Crippen molar-refractivity contribution in [2.24, 2.45) is 11.3 Å². The van der Waals surface area contributed by atoms with Crippen molar-refractivity contribution in [3.63, 3.8) is 0 Å². The topological polar surface area (TPSA) is 41.6 Å². The number of hydrogen-bond donors (Lipinski definition) is 1. The molecule has 0 atom stereocenters. The second-order valence-electron chi connectivity index (χ2n) is 8.60. The maximum Gasteiger partial charge on any atom is 0.410 e. The highest BCUT2D eigenvalue weighted by Gasteiger charge is 2.32. The molecule has 0 aromatic rings. The summed E-state index contributed by atoms with van der Waals surface area (Å²) in [5, 5.41) is 3.74. The Morgan fingerprint density at radius 1 is 1.22 bits per heavy atom. The van der Waals surface area contributed by atoms with Gasteiger partial charge in [-0.25, -0.2) is 4.79 Å². The number of likely N-dealkylation sites (tertiary alicyclic amines) is 1. The minimum absolute atomic E-state index is 0.153.